The van der Waals surface area contributed by atoms with Crippen LogP contribution in [-0.4, -0.2) is 16.3 Å². The summed E-state index contributed by atoms with van der Waals surface area (Å²) >= 11 is 0. The zero-order valence-electron chi connectivity index (χ0n) is 13.5. The zero-order chi connectivity index (χ0) is 17.2. The standard InChI is InChI=1S/C18H22F2O3/c1-11-10-12(2)17(11)16(22)9-4-13(3)18(19,20)23-15-7-5-14(21)6-8-15/h4-9,11-12,17,21-22H,10H2,1-3H3/b13-4+,16-9+. The van der Waals surface area contributed by atoms with Crippen LogP contribution in [0.25, 0.3) is 0 Å². The summed E-state index contributed by atoms with van der Waals surface area (Å²) in [7, 11) is 0. The largest absolute Gasteiger partial charge is 0.512 e. The molecule has 1 aromatic carbocycles. The second-order valence-corrected chi connectivity index (χ2v) is 6.27. The number of rotatable bonds is 5. The first-order chi connectivity index (χ1) is 10.7. The number of phenolic OH excluding ortho intramolecular Hbond substituents is 1. The van der Waals surface area contributed by atoms with Crippen molar-refractivity contribution < 1.29 is 23.7 Å². The van der Waals surface area contributed by atoms with E-state index >= 15 is 0 Å². The average molecular weight is 324 g/mol. The summed E-state index contributed by atoms with van der Waals surface area (Å²) in [6.07, 6.45) is 0.0593. The Hall–Kier alpha value is -2.04. The minimum absolute atomic E-state index is 0.0236. The number of benzene rings is 1. The molecule has 1 fully saturated rings. The van der Waals surface area contributed by atoms with Crippen LogP contribution in [0.4, 0.5) is 8.78 Å². The predicted molar refractivity (Wildman–Crippen MR) is 84.6 cm³/mol. The van der Waals surface area contributed by atoms with E-state index in [4.69, 9.17) is 5.11 Å². The van der Waals surface area contributed by atoms with Crippen molar-refractivity contribution >= 4 is 0 Å². The second kappa shape index (κ2) is 6.60. The molecule has 2 N–H and O–H groups in total. The normalized spacial score (nSPS) is 25.9. The summed E-state index contributed by atoms with van der Waals surface area (Å²) in [5, 5.41) is 19.2. The van der Waals surface area contributed by atoms with Gasteiger partial charge >= 0.3 is 6.11 Å². The fourth-order valence-electron chi connectivity index (χ4n) is 2.99. The first-order valence-electron chi connectivity index (χ1n) is 7.64. The molecule has 126 valence electrons. The first kappa shape index (κ1) is 17.3. The van der Waals surface area contributed by atoms with Crippen LogP contribution in [0.15, 0.2) is 47.7 Å². The number of aromatic hydroxyl groups is 1. The van der Waals surface area contributed by atoms with Gasteiger partial charge in [-0.15, -0.1) is 0 Å². The third-order valence-electron chi connectivity index (χ3n) is 4.36. The van der Waals surface area contributed by atoms with E-state index in [1.165, 1.54) is 43.3 Å². The molecule has 2 unspecified atom stereocenters. The van der Waals surface area contributed by atoms with E-state index in [9.17, 15) is 13.9 Å². The van der Waals surface area contributed by atoms with Gasteiger partial charge in [-0.2, -0.15) is 8.78 Å². The van der Waals surface area contributed by atoms with Gasteiger partial charge in [0.15, 0.2) is 0 Å². The van der Waals surface area contributed by atoms with E-state index in [0.29, 0.717) is 11.8 Å². The molecule has 1 saturated carbocycles. The Labute approximate surface area is 134 Å². The highest BCUT2D eigenvalue weighted by atomic mass is 19.3. The lowest BCUT2D eigenvalue weighted by Gasteiger charge is -2.40. The third-order valence-corrected chi connectivity index (χ3v) is 4.36. The van der Waals surface area contributed by atoms with Crippen molar-refractivity contribution in [2.24, 2.45) is 17.8 Å². The smallest absolute Gasteiger partial charge is 0.422 e. The fraction of sp³-hybridized carbons (Fsp3) is 0.444. The molecule has 0 radical (unpaired) electrons. The molecule has 0 amide bonds. The molecule has 2 rings (SSSR count). The lowest BCUT2D eigenvalue weighted by molar-refractivity contribution is -0.141. The summed E-state index contributed by atoms with van der Waals surface area (Å²) in [5.41, 5.74) is -0.309. The van der Waals surface area contributed by atoms with E-state index in [-0.39, 0.29) is 28.7 Å². The van der Waals surface area contributed by atoms with Gasteiger partial charge in [0.1, 0.15) is 11.5 Å². The van der Waals surface area contributed by atoms with Gasteiger partial charge < -0.3 is 14.9 Å². The van der Waals surface area contributed by atoms with Crippen LogP contribution in [0.1, 0.15) is 27.2 Å². The molecular weight excluding hydrogens is 302 g/mol. The maximum Gasteiger partial charge on any atom is 0.422 e. The van der Waals surface area contributed by atoms with Gasteiger partial charge in [0, 0.05) is 11.5 Å². The van der Waals surface area contributed by atoms with E-state index in [0.717, 1.165) is 6.42 Å². The van der Waals surface area contributed by atoms with Gasteiger partial charge in [-0.3, -0.25) is 0 Å². The predicted octanol–water partition coefficient (Wildman–Crippen LogP) is 5.04. The highest BCUT2D eigenvalue weighted by Gasteiger charge is 2.38. The van der Waals surface area contributed by atoms with Crippen LogP contribution < -0.4 is 4.74 Å². The number of hydrogen-bond donors (Lipinski definition) is 2. The molecule has 1 aliphatic carbocycles. The molecule has 1 aliphatic rings. The molecule has 2 atom stereocenters. The number of ether oxygens (including phenoxy) is 1. The lowest BCUT2D eigenvalue weighted by Crippen LogP contribution is -2.34. The van der Waals surface area contributed by atoms with Gasteiger partial charge in [-0.25, -0.2) is 0 Å². The Morgan fingerprint density at radius 3 is 2.26 bits per heavy atom. The second-order valence-electron chi connectivity index (χ2n) is 6.27. The summed E-state index contributed by atoms with van der Waals surface area (Å²) in [4.78, 5) is 0. The minimum Gasteiger partial charge on any atom is -0.512 e. The van der Waals surface area contributed by atoms with E-state index in [1.807, 2.05) is 13.8 Å². The molecule has 0 aromatic heterocycles. The minimum atomic E-state index is -3.50. The van der Waals surface area contributed by atoms with Gasteiger partial charge in [0.2, 0.25) is 0 Å². The SMILES string of the molecule is C/C(=C\C=C(\O)C1C(C)CC1C)C(F)(F)Oc1ccc(O)cc1. The third kappa shape index (κ3) is 4.03. The summed E-state index contributed by atoms with van der Waals surface area (Å²) in [6, 6.07) is 5.08. The van der Waals surface area contributed by atoms with Crippen molar-refractivity contribution in [3.63, 3.8) is 0 Å². The Morgan fingerprint density at radius 1 is 1.17 bits per heavy atom. The zero-order valence-corrected chi connectivity index (χ0v) is 13.5. The number of phenols is 1. The number of aliphatic hydroxyl groups excluding tert-OH is 1. The molecular formula is C18H22F2O3. The molecule has 1 aromatic rings. The Balaban J connectivity index is 2.07. The van der Waals surface area contributed by atoms with Gasteiger partial charge in [-0.05, 0) is 55.5 Å². The Kier molecular flexibility index (Phi) is 4.97. The van der Waals surface area contributed by atoms with Crippen molar-refractivity contribution in [2.75, 3.05) is 0 Å². The monoisotopic (exact) mass is 324 g/mol. The number of alkyl halides is 2. The number of aliphatic hydroxyl groups is 1. The highest BCUT2D eigenvalue weighted by Crippen LogP contribution is 2.43. The van der Waals surface area contributed by atoms with E-state index in [2.05, 4.69) is 4.74 Å². The van der Waals surface area contributed by atoms with Crippen LogP contribution in [-0.2, 0) is 0 Å². The molecule has 23 heavy (non-hydrogen) atoms. The summed E-state index contributed by atoms with van der Waals surface area (Å²) < 4.78 is 32.8. The molecule has 0 heterocycles. The van der Waals surface area contributed by atoms with Gasteiger partial charge in [0.05, 0.1) is 5.76 Å². The van der Waals surface area contributed by atoms with Crippen LogP contribution in [0.2, 0.25) is 0 Å². The average Bonchev–Trinajstić information content (AvgIpc) is 2.46. The topological polar surface area (TPSA) is 49.7 Å². The molecule has 0 spiro atoms. The maximum absolute atomic E-state index is 14.0. The van der Waals surface area contributed by atoms with Crippen LogP contribution in [0, 0.1) is 17.8 Å². The fourth-order valence-corrected chi connectivity index (χ4v) is 2.99. The van der Waals surface area contributed by atoms with Gasteiger partial charge in [0.25, 0.3) is 0 Å². The number of allylic oxidation sites excluding steroid dienone is 3. The molecule has 0 aliphatic heterocycles. The molecule has 3 nitrogen and oxygen atoms in total. The molecule has 0 saturated heterocycles. The maximum atomic E-state index is 14.0. The van der Waals surface area contributed by atoms with Crippen molar-refractivity contribution in [1.29, 1.82) is 0 Å². The van der Waals surface area contributed by atoms with E-state index < -0.39 is 6.11 Å². The summed E-state index contributed by atoms with van der Waals surface area (Å²) in [6.45, 7) is 5.32. The van der Waals surface area contributed by atoms with Crippen molar-refractivity contribution in [3.8, 4) is 11.5 Å². The van der Waals surface area contributed by atoms with E-state index in [1.54, 1.807) is 0 Å². The Morgan fingerprint density at radius 2 is 1.74 bits per heavy atom. The number of halogens is 2. The van der Waals surface area contributed by atoms with Crippen molar-refractivity contribution in [1.82, 2.24) is 0 Å². The van der Waals surface area contributed by atoms with Crippen molar-refractivity contribution in [3.05, 3.63) is 47.7 Å². The molecule has 5 heteroatoms. The quantitative estimate of drug-likeness (QED) is 0.589. The Bertz CT molecular complexity index is 597. The first-order valence-corrected chi connectivity index (χ1v) is 7.64. The van der Waals surface area contributed by atoms with Crippen molar-refractivity contribution in [2.45, 2.75) is 33.3 Å². The summed E-state index contributed by atoms with van der Waals surface area (Å²) in [5.74, 6) is 0.827. The molecule has 0 bridgehead atoms. The van der Waals surface area contributed by atoms with Crippen LogP contribution in [0.5, 0.6) is 11.5 Å². The van der Waals surface area contributed by atoms with Crippen LogP contribution in [0.3, 0.4) is 0 Å². The lowest BCUT2D eigenvalue weighted by atomic mass is 9.65. The highest BCUT2D eigenvalue weighted by molar-refractivity contribution is 5.31. The van der Waals surface area contributed by atoms with Gasteiger partial charge in [-0.1, -0.05) is 19.9 Å². The number of hydrogen-bond acceptors (Lipinski definition) is 3. The van der Waals surface area contributed by atoms with Crippen LogP contribution >= 0.6 is 0 Å².